The molecule has 0 saturated carbocycles. The molecule has 0 spiro atoms. The molecule has 132 valence electrons. The molecule has 0 unspecified atom stereocenters. The molecular formula is C20H21N5O. The second-order valence-electron chi connectivity index (χ2n) is 6.85. The third kappa shape index (κ3) is 2.49. The summed E-state index contributed by atoms with van der Waals surface area (Å²) in [5, 5.41) is 9.80. The number of rotatable bonds is 3. The summed E-state index contributed by atoms with van der Waals surface area (Å²) in [5.74, 6) is 1.90. The molecule has 0 aliphatic carbocycles. The number of ether oxygens (including phenoxy) is 1. The number of benzene rings is 1. The van der Waals surface area contributed by atoms with E-state index in [0.717, 1.165) is 43.3 Å². The molecule has 5 rings (SSSR count). The summed E-state index contributed by atoms with van der Waals surface area (Å²) in [6.07, 6.45) is 6.28. The molecular weight excluding hydrogens is 326 g/mol. The molecule has 1 aliphatic rings. The fraction of sp³-hybridized carbons (Fsp3) is 0.300. The van der Waals surface area contributed by atoms with Gasteiger partial charge in [-0.2, -0.15) is 0 Å². The van der Waals surface area contributed by atoms with Gasteiger partial charge >= 0.3 is 0 Å². The minimum absolute atomic E-state index is 0.233. The van der Waals surface area contributed by atoms with Gasteiger partial charge in [-0.1, -0.05) is 12.1 Å². The minimum Gasteiger partial charge on any atom is -0.490 e. The highest BCUT2D eigenvalue weighted by Gasteiger charge is 2.24. The maximum Gasteiger partial charge on any atom is 0.231 e. The van der Waals surface area contributed by atoms with Gasteiger partial charge in [0, 0.05) is 50.8 Å². The van der Waals surface area contributed by atoms with Crippen LogP contribution in [0.1, 0.15) is 12.8 Å². The number of nitrogens with zero attached hydrogens (tertiary/aromatic N) is 5. The van der Waals surface area contributed by atoms with Crippen LogP contribution in [0.2, 0.25) is 0 Å². The van der Waals surface area contributed by atoms with Crippen molar-refractivity contribution in [3.05, 3.63) is 54.9 Å². The summed E-state index contributed by atoms with van der Waals surface area (Å²) in [5.41, 5.74) is 2.09. The Morgan fingerprint density at radius 1 is 0.962 bits per heavy atom. The second-order valence-corrected chi connectivity index (χ2v) is 6.85. The van der Waals surface area contributed by atoms with E-state index in [1.54, 1.807) is 0 Å². The van der Waals surface area contributed by atoms with Crippen LogP contribution >= 0.6 is 0 Å². The highest BCUT2D eigenvalue weighted by atomic mass is 16.5. The van der Waals surface area contributed by atoms with Gasteiger partial charge < -0.3 is 14.2 Å². The summed E-state index contributed by atoms with van der Waals surface area (Å²) in [4.78, 5) is 2.29. The number of pyridine rings is 1. The van der Waals surface area contributed by atoms with Gasteiger partial charge in [0.2, 0.25) is 5.95 Å². The van der Waals surface area contributed by atoms with E-state index in [0.29, 0.717) is 0 Å². The first-order valence-electron chi connectivity index (χ1n) is 9.05. The second kappa shape index (κ2) is 6.05. The minimum atomic E-state index is 0.233. The molecule has 0 amide bonds. The van der Waals surface area contributed by atoms with E-state index >= 15 is 0 Å². The normalized spacial score (nSPS) is 15.8. The fourth-order valence-electron chi connectivity index (χ4n) is 3.77. The standard InChI is InChI=1S/C20H21N5O/c1-23-12-10-16-17(23)5-4-6-18(16)26-15-8-13-24(14-9-15)20-22-21-19-7-2-3-11-25(19)20/h2-7,10-12,15H,8-9,13-14H2,1H3. The van der Waals surface area contributed by atoms with Crippen LogP contribution < -0.4 is 9.64 Å². The molecule has 1 saturated heterocycles. The van der Waals surface area contributed by atoms with Crippen molar-refractivity contribution in [2.24, 2.45) is 7.05 Å². The maximum atomic E-state index is 6.35. The number of piperidine rings is 1. The summed E-state index contributed by atoms with van der Waals surface area (Å²) in [6.45, 7) is 1.84. The molecule has 4 aromatic rings. The van der Waals surface area contributed by atoms with Crippen LogP contribution in [0.3, 0.4) is 0 Å². The zero-order chi connectivity index (χ0) is 17.5. The lowest BCUT2D eigenvalue weighted by atomic mass is 10.1. The lowest BCUT2D eigenvalue weighted by molar-refractivity contribution is 0.172. The van der Waals surface area contributed by atoms with Gasteiger partial charge in [-0.15, -0.1) is 10.2 Å². The van der Waals surface area contributed by atoms with Crippen molar-refractivity contribution >= 4 is 22.5 Å². The third-order valence-corrected chi connectivity index (χ3v) is 5.20. The first kappa shape index (κ1) is 15.3. The molecule has 1 aliphatic heterocycles. The average Bonchev–Trinajstić information content (AvgIpc) is 3.27. The van der Waals surface area contributed by atoms with E-state index in [4.69, 9.17) is 4.74 Å². The Bertz CT molecular complexity index is 1060. The molecule has 6 nitrogen and oxygen atoms in total. The first-order valence-corrected chi connectivity index (χ1v) is 9.05. The monoisotopic (exact) mass is 347 g/mol. The van der Waals surface area contributed by atoms with Crippen LogP contribution in [0.4, 0.5) is 5.95 Å². The van der Waals surface area contributed by atoms with E-state index in [9.17, 15) is 0 Å². The van der Waals surface area contributed by atoms with Crippen LogP contribution in [0.15, 0.2) is 54.9 Å². The van der Waals surface area contributed by atoms with Crippen LogP contribution in [-0.4, -0.2) is 38.4 Å². The topological polar surface area (TPSA) is 47.6 Å². The third-order valence-electron chi connectivity index (χ3n) is 5.20. The van der Waals surface area contributed by atoms with Gasteiger partial charge in [-0.25, -0.2) is 0 Å². The van der Waals surface area contributed by atoms with Crippen LogP contribution in [0.25, 0.3) is 16.6 Å². The fourth-order valence-corrected chi connectivity index (χ4v) is 3.77. The maximum absolute atomic E-state index is 6.35. The molecule has 6 heteroatoms. The van der Waals surface area contributed by atoms with Gasteiger partial charge in [-0.3, -0.25) is 4.40 Å². The van der Waals surface area contributed by atoms with E-state index in [2.05, 4.69) is 57.2 Å². The highest BCUT2D eigenvalue weighted by Crippen LogP contribution is 2.29. The summed E-state index contributed by atoms with van der Waals surface area (Å²) in [7, 11) is 2.06. The SMILES string of the molecule is Cn1ccc2c(OC3CCN(c4nnc5ccccn45)CC3)cccc21. The van der Waals surface area contributed by atoms with Crippen molar-refractivity contribution in [3.63, 3.8) is 0 Å². The lowest BCUT2D eigenvalue weighted by Gasteiger charge is -2.32. The number of fused-ring (bicyclic) bond motifs is 2. The number of aryl methyl sites for hydroxylation is 1. The Hall–Kier alpha value is -3.02. The lowest BCUT2D eigenvalue weighted by Crippen LogP contribution is -2.39. The Balaban J connectivity index is 1.31. The quantitative estimate of drug-likeness (QED) is 0.571. The molecule has 0 N–H and O–H groups in total. The zero-order valence-electron chi connectivity index (χ0n) is 14.7. The van der Waals surface area contributed by atoms with Crippen molar-refractivity contribution < 1.29 is 4.74 Å². The number of hydrogen-bond donors (Lipinski definition) is 0. The van der Waals surface area contributed by atoms with Crippen molar-refractivity contribution in [2.45, 2.75) is 18.9 Å². The number of aromatic nitrogens is 4. The Labute approximate surface area is 151 Å². The zero-order valence-corrected chi connectivity index (χ0v) is 14.7. The summed E-state index contributed by atoms with van der Waals surface area (Å²) in [6, 6.07) is 14.4. The van der Waals surface area contributed by atoms with E-state index < -0.39 is 0 Å². The Morgan fingerprint density at radius 3 is 2.73 bits per heavy atom. The van der Waals surface area contributed by atoms with Crippen molar-refractivity contribution in [1.82, 2.24) is 19.2 Å². The van der Waals surface area contributed by atoms with Crippen LogP contribution in [0.5, 0.6) is 5.75 Å². The first-order chi connectivity index (χ1) is 12.8. The van der Waals surface area contributed by atoms with Crippen molar-refractivity contribution in [3.8, 4) is 5.75 Å². The largest absolute Gasteiger partial charge is 0.490 e. The van der Waals surface area contributed by atoms with Crippen LogP contribution in [0, 0.1) is 0 Å². The number of hydrogen-bond acceptors (Lipinski definition) is 4. The van der Waals surface area contributed by atoms with Crippen molar-refractivity contribution in [1.29, 1.82) is 0 Å². The highest BCUT2D eigenvalue weighted by molar-refractivity contribution is 5.86. The average molecular weight is 347 g/mol. The molecule has 4 heterocycles. The van der Waals surface area contributed by atoms with Gasteiger partial charge in [0.15, 0.2) is 5.65 Å². The van der Waals surface area contributed by atoms with Gasteiger partial charge in [0.1, 0.15) is 11.9 Å². The molecule has 1 fully saturated rings. The van der Waals surface area contributed by atoms with Crippen molar-refractivity contribution in [2.75, 3.05) is 18.0 Å². The molecule has 0 atom stereocenters. The smallest absolute Gasteiger partial charge is 0.231 e. The number of anilines is 1. The molecule has 26 heavy (non-hydrogen) atoms. The van der Waals surface area contributed by atoms with E-state index in [-0.39, 0.29) is 6.10 Å². The Kier molecular flexibility index (Phi) is 3.55. The van der Waals surface area contributed by atoms with Gasteiger partial charge in [-0.05, 0) is 30.3 Å². The predicted octanol–water partition coefficient (Wildman–Crippen LogP) is 3.27. The Morgan fingerprint density at radius 2 is 1.85 bits per heavy atom. The molecule has 3 aromatic heterocycles. The molecule has 1 aromatic carbocycles. The van der Waals surface area contributed by atoms with E-state index in [1.807, 2.05) is 28.8 Å². The predicted molar refractivity (Wildman–Crippen MR) is 102 cm³/mol. The summed E-state index contributed by atoms with van der Waals surface area (Å²) >= 11 is 0. The van der Waals surface area contributed by atoms with Gasteiger partial charge in [0.05, 0.1) is 5.52 Å². The van der Waals surface area contributed by atoms with Gasteiger partial charge in [0.25, 0.3) is 0 Å². The van der Waals surface area contributed by atoms with Crippen LogP contribution in [-0.2, 0) is 7.05 Å². The molecule has 0 bridgehead atoms. The summed E-state index contributed by atoms with van der Waals surface area (Å²) < 4.78 is 10.5. The van der Waals surface area contributed by atoms with E-state index in [1.165, 1.54) is 10.9 Å². The molecule has 0 radical (unpaired) electrons.